The largest absolute Gasteiger partial charge is 0.492 e. The molecule has 7 heteroatoms. The number of carbonyl (C=O) groups excluding carboxylic acids is 1. The molecule has 1 fully saturated rings. The Bertz CT molecular complexity index is 622. The number of benzene rings is 1. The highest BCUT2D eigenvalue weighted by atomic mass is 16.5. The molecular weight excluding hydrogens is 294 g/mol. The molecule has 0 saturated carbocycles. The first-order valence-corrected chi connectivity index (χ1v) is 7.91. The van der Waals surface area contributed by atoms with Gasteiger partial charge in [-0.05, 0) is 31.5 Å². The number of hydrogen-bond donors (Lipinski definition) is 2. The Kier molecular flexibility index (Phi) is 5.21. The van der Waals surface area contributed by atoms with Crippen LogP contribution in [0.1, 0.15) is 29.5 Å². The highest BCUT2D eigenvalue weighted by molar-refractivity contribution is 5.90. The van der Waals surface area contributed by atoms with Gasteiger partial charge in [0.25, 0.3) is 5.91 Å². The van der Waals surface area contributed by atoms with Crippen molar-refractivity contribution in [2.75, 3.05) is 26.2 Å². The fourth-order valence-electron chi connectivity index (χ4n) is 2.54. The molecule has 2 N–H and O–H groups in total. The molecule has 7 nitrogen and oxygen atoms in total. The third kappa shape index (κ3) is 4.29. The van der Waals surface area contributed by atoms with Crippen molar-refractivity contribution in [2.24, 2.45) is 0 Å². The SMILES string of the molecule is O=C(NCCOc1ccccc1)c1ncn([C@H]2CCCNC2)n1. The smallest absolute Gasteiger partial charge is 0.291 e. The molecule has 1 amide bonds. The van der Waals surface area contributed by atoms with E-state index in [-0.39, 0.29) is 17.8 Å². The first kappa shape index (κ1) is 15.5. The van der Waals surface area contributed by atoms with Crippen molar-refractivity contribution >= 4 is 5.91 Å². The van der Waals surface area contributed by atoms with Crippen LogP contribution in [0.4, 0.5) is 0 Å². The van der Waals surface area contributed by atoms with Gasteiger partial charge in [0.15, 0.2) is 0 Å². The second-order valence-electron chi connectivity index (χ2n) is 5.47. The highest BCUT2D eigenvalue weighted by Gasteiger charge is 2.18. The highest BCUT2D eigenvalue weighted by Crippen LogP contribution is 2.14. The summed E-state index contributed by atoms with van der Waals surface area (Å²) in [7, 11) is 0. The fraction of sp³-hybridized carbons (Fsp3) is 0.438. The van der Waals surface area contributed by atoms with Gasteiger partial charge in [0.05, 0.1) is 12.6 Å². The molecule has 122 valence electrons. The molecule has 1 aliphatic rings. The Labute approximate surface area is 135 Å². The minimum atomic E-state index is -0.274. The van der Waals surface area contributed by atoms with Crippen LogP contribution < -0.4 is 15.4 Å². The summed E-state index contributed by atoms with van der Waals surface area (Å²) in [6.45, 7) is 2.73. The van der Waals surface area contributed by atoms with Crippen molar-refractivity contribution in [3.63, 3.8) is 0 Å². The van der Waals surface area contributed by atoms with Gasteiger partial charge >= 0.3 is 0 Å². The van der Waals surface area contributed by atoms with Crippen molar-refractivity contribution in [1.82, 2.24) is 25.4 Å². The van der Waals surface area contributed by atoms with Crippen molar-refractivity contribution in [3.05, 3.63) is 42.5 Å². The second-order valence-corrected chi connectivity index (χ2v) is 5.47. The number of aromatic nitrogens is 3. The summed E-state index contributed by atoms with van der Waals surface area (Å²) < 4.78 is 7.30. The molecule has 0 bridgehead atoms. The van der Waals surface area contributed by atoms with Crippen LogP contribution in [0, 0.1) is 0 Å². The van der Waals surface area contributed by atoms with E-state index in [1.807, 2.05) is 30.3 Å². The summed E-state index contributed by atoms with van der Waals surface area (Å²) in [6.07, 6.45) is 3.80. The first-order valence-electron chi connectivity index (χ1n) is 7.91. The quantitative estimate of drug-likeness (QED) is 0.778. The van der Waals surface area contributed by atoms with E-state index in [0.29, 0.717) is 13.2 Å². The Morgan fingerprint density at radius 2 is 2.26 bits per heavy atom. The molecule has 0 aliphatic carbocycles. The van der Waals surface area contributed by atoms with Crippen molar-refractivity contribution < 1.29 is 9.53 Å². The second kappa shape index (κ2) is 7.73. The van der Waals surface area contributed by atoms with E-state index in [9.17, 15) is 4.79 Å². The van der Waals surface area contributed by atoms with Gasteiger partial charge < -0.3 is 15.4 Å². The molecule has 1 aromatic heterocycles. The van der Waals surface area contributed by atoms with Gasteiger partial charge in [-0.25, -0.2) is 9.67 Å². The van der Waals surface area contributed by atoms with Crippen LogP contribution in [0.2, 0.25) is 0 Å². The van der Waals surface area contributed by atoms with Crippen LogP contribution in [-0.4, -0.2) is 46.9 Å². The minimum Gasteiger partial charge on any atom is -0.492 e. The van der Waals surface area contributed by atoms with Gasteiger partial charge in [-0.2, -0.15) is 0 Å². The Balaban J connectivity index is 1.44. The number of carbonyl (C=O) groups is 1. The molecule has 23 heavy (non-hydrogen) atoms. The van der Waals surface area contributed by atoms with Gasteiger partial charge in [0.1, 0.15) is 18.7 Å². The zero-order chi connectivity index (χ0) is 15.9. The first-order chi connectivity index (χ1) is 11.3. The molecule has 3 rings (SSSR count). The number of hydrogen-bond acceptors (Lipinski definition) is 5. The molecule has 1 atom stereocenters. The monoisotopic (exact) mass is 315 g/mol. The number of nitrogens with zero attached hydrogens (tertiary/aromatic N) is 3. The van der Waals surface area contributed by atoms with Gasteiger partial charge in [-0.15, -0.1) is 5.10 Å². The molecule has 1 aromatic carbocycles. The van der Waals surface area contributed by atoms with E-state index in [1.54, 1.807) is 11.0 Å². The zero-order valence-electron chi connectivity index (χ0n) is 12.9. The van der Waals surface area contributed by atoms with E-state index in [2.05, 4.69) is 20.7 Å². The van der Waals surface area contributed by atoms with E-state index >= 15 is 0 Å². The summed E-state index contributed by atoms with van der Waals surface area (Å²) in [5.41, 5.74) is 0. The van der Waals surface area contributed by atoms with Gasteiger partial charge in [-0.3, -0.25) is 4.79 Å². The van der Waals surface area contributed by atoms with E-state index in [0.717, 1.165) is 31.7 Å². The Morgan fingerprint density at radius 3 is 3.04 bits per heavy atom. The number of rotatable bonds is 6. The van der Waals surface area contributed by atoms with Crippen LogP contribution in [0.3, 0.4) is 0 Å². The predicted molar refractivity (Wildman–Crippen MR) is 85.4 cm³/mol. The van der Waals surface area contributed by atoms with Crippen molar-refractivity contribution in [3.8, 4) is 5.75 Å². The average Bonchev–Trinajstić information content (AvgIpc) is 3.10. The summed E-state index contributed by atoms with van der Waals surface area (Å²) in [4.78, 5) is 16.1. The summed E-state index contributed by atoms with van der Waals surface area (Å²) in [6, 6.07) is 9.78. The molecule has 1 saturated heterocycles. The normalized spacial score (nSPS) is 17.7. The lowest BCUT2D eigenvalue weighted by Crippen LogP contribution is -2.32. The Hall–Kier alpha value is -2.41. The van der Waals surface area contributed by atoms with Crippen molar-refractivity contribution in [2.45, 2.75) is 18.9 Å². The van der Waals surface area contributed by atoms with E-state index in [1.165, 1.54) is 0 Å². The van der Waals surface area contributed by atoms with Crippen molar-refractivity contribution in [1.29, 1.82) is 0 Å². The van der Waals surface area contributed by atoms with Crippen LogP contribution >= 0.6 is 0 Å². The maximum atomic E-state index is 12.0. The fourth-order valence-corrected chi connectivity index (χ4v) is 2.54. The summed E-state index contributed by atoms with van der Waals surface area (Å²) in [5.74, 6) is 0.716. The number of ether oxygens (including phenoxy) is 1. The number of piperidine rings is 1. The zero-order valence-corrected chi connectivity index (χ0v) is 12.9. The average molecular weight is 315 g/mol. The van der Waals surface area contributed by atoms with Crippen LogP contribution in [0.25, 0.3) is 0 Å². The summed E-state index contributed by atoms with van der Waals surface area (Å²) >= 11 is 0. The van der Waals surface area contributed by atoms with E-state index in [4.69, 9.17) is 4.74 Å². The molecule has 1 aliphatic heterocycles. The van der Waals surface area contributed by atoms with Crippen LogP contribution in [0.5, 0.6) is 5.75 Å². The standard InChI is InChI=1S/C16H21N5O2/c22-16(18-9-10-23-14-6-2-1-3-7-14)15-19-12-21(20-15)13-5-4-8-17-11-13/h1-3,6-7,12-13,17H,4-5,8-11H2,(H,18,22)/t13-/m0/s1. The third-order valence-electron chi connectivity index (χ3n) is 3.76. The van der Waals surface area contributed by atoms with Crippen LogP contribution in [0.15, 0.2) is 36.7 Å². The third-order valence-corrected chi connectivity index (χ3v) is 3.76. The Morgan fingerprint density at radius 1 is 1.39 bits per heavy atom. The van der Waals surface area contributed by atoms with Gasteiger partial charge in [0, 0.05) is 6.54 Å². The molecule has 2 aromatic rings. The maximum Gasteiger partial charge on any atom is 0.291 e. The number of para-hydroxylation sites is 1. The van der Waals surface area contributed by atoms with Gasteiger partial charge in [0.2, 0.25) is 5.82 Å². The summed E-state index contributed by atoms with van der Waals surface area (Å²) in [5, 5.41) is 10.4. The topological polar surface area (TPSA) is 81.1 Å². The molecule has 0 unspecified atom stereocenters. The number of amides is 1. The lowest BCUT2D eigenvalue weighted by atomic mass is 10.1. The van der Waals surface area contributed by atoms with Gasteiger partial charge in [-0.1, -0.05) is 18.2 Å². The van der Waals surface area contributed by atoms with Crippen LogP contribution in [-0.2, 0) is 0 Å². The lowest BCUT2D eigenvalue weighted by Gasteiger charge is -2.22. The molecule has 2 heterocycles. The minimum absolute atomic E-state index is 0.204. The lowest BCUT2D eigenvalue weighted by molar-refractivity contribution is 0.0936. The molecule has 0 radical (unpaired) electrons. The maximum absolute atomic E-state index is 12.0. The van der Waals surface area contributed by atoms with E-state index < -0.39 is 0 Å². The number of nitrogens with one attached hydrogen (secondary N) is 2. The predicted octanol–water partition coefficient (Wildman–Crippen LogP) is 1.01. The molecule has 0 spiro atoms. The molecular formula is C16H21N5O2.